The average Bonchev–Trinajstić information content (AvgIpc) is 4.16. The minimum absolute atomic E-state index is 0.0261. The van der Waals surface area contributed by atoms with Crippen LogP contribution >= 0.6 is 0 Å². The van der Waals surface area contributed by atoms with Gasteiger partial charge in [-0.1, -0.05) is 91.5 Å². The molecule has 350 valence electrons. The summed E-state index contributed by atoms with van der Waals surface area (Å²) in [7, 11) is 7.80. The summed E-state index contributed by atoms with van der Waals surface area (Å²) in [6, 6.07) is 17.2. The summed E-state index contributed by atoms with van der Waals surface area (Å²) in [6.07, 6.45) is 10.3. The summed E-state index contributed by atoms with van der Waals surface area (Å²) < 4.78 is 8.01. The van der Waals surface area contributed by atoms with Gasteiger partial charge in [0.2, 0.25) is 5.91 Å². The number of rotatable bonds is 9. The van der Waals surface area contributed by atoms with Gasteiger partial charge in [0.15, 0.2) is 0 Å². The number of alkyl carbamates (subject to hydrolysis) is 1. The van der Waals surface area contributed by atoms with E-state index in [1.165, 1.54) is 34.7 Å². The maximum atomic E-state index is 12.8. The molecule has 4 heterocycles. The lowest BCUT2D eigenvalue weighted by Crippen LogP contribution is -2.51. The Balaban J connectivity index is 0.00000147. The summed E-state index contributed by atoms with van der Waals surface area (Å²) in [5, 5.41) is 9.38. The van der Waals surface area contributed by atoms with Crippen molar-refractivity contribution in [1.29, 1.82) is 0 Å². The van der Waals surface area contributed by atoms with Crippen molar-refractivity contribution < 1.29 is 28.7 Å². The zero-order chi connectivity index (χ0) is 47.7. The molecule has 2 saturated heterocycles. The third-order valence-corrected chi connectivity index (χ3v) is 9.49. The molecule has 2 aromatic carbocycles. The van der Waals surface area contributed by atoms with Crippen molar-refractivity contribution in [2.24, 2.45) is 17.6 Å². The van der Waals surface area contributed by atoms with Crippen molar-refractivity contribution >= 4 is 30.5 Å². The number of aromatic amines is 1. The molecular weight excluding hydrogens is 797 g/mol. The molecule has 3 aliphatic rings. The number of hydrogen-bond acceptors (Lipinski definition) is 11. The number of hydrogen-bond donors (Lipinski definition) is 5. The molecule has 3 atom stereocenters. The monoisotopic (exact) mass is 875 g/mol. The van der Waals surface area contributed by atoms with E-state index in [1.807, 2.05) is 72.1 Å². The van der Waals surface area contributed by atoms with Crippen LogP contribution in [0.15, 0.2) is 60.9 Å². The van der Waals surface area contributed by atoms with Gasteiger partial charge in [0.25, 0.3) is 6.47 Å². The lowest BCUT2D eigenvalue weighted by molar-refractivity contribution is -0.133. The Morgan fingerprint density at radius 1 is 0.921 bits per heavy atom. The normalized spacial score (nSPS) is 16.7. The first-order valence-corrected chi connectivity index (χ1v) is 22.2. The summed E-state index contributed by atoms with van der Waals surface area (Å²) in [6.45, 7) is 18.6. The molecule has 0 bridgehead atoms. The number of likely N-dealkylation sites (tertiary alicyclic amines) is 2. The third kappa shape index (κ3) is 20.8. The fraction of sp³-hybridized carbons (Fsp3) is 0.531. The molecule has 0 radical (unpaired) electrons. The number of nitrogens with two attached hydrogens (primary N) is 1. The van der Waals surface area contributed by atoms with Crippen LogP contribution in [0.2, 0.25) is 0 Å². The van der Waals surface area contributed by atoms with Gasteiger partial charge in [-0.15, -0.1) is 0 Å². The number of nitrogens with one attached hydrogen (secondary N) is 4. The Bertz CT molecular complexity index is 1830. The number of methoxy groups -OCH3 is 2. The van der Waals surface area contributed by atoms with Crippen LogP contribution in [0, 0.1) is 23.7 Å². The molecule has 1 aromatic heterocycles. The molecular formula is C49H78N8O6. The number of ether oxygens (including phenoxy) is 2. The summed E-state index contributed by atoms with van der Waals surface area (Å²) in [4.78, 5) is 53.9. The van der Waals surface area contributed by atoms with Crippen LogP contribution in [0.1, 0.15) is 122 Å². The number of benzene rings is 2. The van der Waals surface area contributed by atoms with Crippen LogP contribution in [0.4, 0.5) is 4.79 Å². The van der Waals surface area contributed by atoms with E-state index >= 15 is 0 Å². The Morgan fingerprint density at radius 3 is 1.98 bits per heavy atom. The predicted octanol–water partition coefficient (Wildman–Crippen LogP) is 7.72. The Labute approximate surface area is 378 Å². The maximum absolute atomic E-state index is 12.8. The van der Waals surface area contributed by atoms with Crippen molar-refractivity contribution in [2.45, 2.75) is 112 Å². The molecule has 6 rings (SSSR count). The molecule has 3 aromatic rings. The maximum Gasteiger partial charge on any atom is 0.406 e. The Hall–Kier alpha value is -5.65. The Morgan fingerprint density at radius 2 is 1.51 bits per heavy atom. The van der Waals surface area contributed by atoms with Gasteiger partial charge in [-0.2, -0.15) is 0 Å². The molecule has 0 spiro atoms. The van der Waals surface area contributed by atoms with Gasteiger partial charge in [-0.3, -0.25) is 14.5 Å². The summed E-state index contributed by atoms with van der Waals surface area (Å²) in [5.41, 5.74) is 10.7. The van der Waals surface area contributed by atoms with Crippen LogP contribution in [-0.4, -0.2) is 105 Å². The first-order valence-electron chi connectivity index (χ1n) is 22.2. The molecule has 0 saturated carbocycles. The van der Waals surface area contributed by atoms with Gasteiger partial charge in [-0.05, 0) is 82.4 Å². The van der Waals surface area contributed by atoms with E-state index in [0.717, 1.165) is 78.1 Å². The van der Waals surface area contributed by atoms with Crippen LogP contribution in [0.25, 0.3) is 17.0 Å². The van der Waals surface area contributed by atoms with Crippen molar-refractivity contribution in [2.75, 3.05) is 48.5 Å². The van der Waals surface area contributed by atoms with Crippen molar-refractivity contribution in [3.63, 3.8) is 0 Å². The topological polar surface area (TPSA) is 184 Å². The number of carbonyl (C=O) groups excluding carboxylic acids is 4. The molecule has 2 amide bonds. The van der Waals surface area contributed by atoms with Crippen molar-refractivity contribution in [3.05, 3.63) is 83.4 Å². The highest BCUT2D eigenvalue weighted by Crippen LogP contribution is 2.30. The van der Waals surface area contributed by atoms with Gasteiger partial charge in [0.05, 0.1) is 43.9 Å². The zero-order valence-corrected chi connectivity index (χ0v) is 40.3. The second-order valence-corrected chi connectivity index (χ2v) is 14.8. The number of aromatic nitrogens is 2. The van der Waals surface area contributed by atoms with Gasteiger partial charge < -0.3 is 45.8 Å². The predicted molar refractivity (Wildman–Crippen MR) is 256 cm³/mol. The van der Waals surface area contributed by atoms with Gasteiger partial charge in [0, 0.05) is 54.9 Å². The standard InChI is InChI=1S/C34H40N6O.C5H10O.C3H7NO2.C2H4O2.2C2H6.CH5N/c1-23(2)18-32(41)40-17-7-13-31(40)34-36-22-29(38-34)27-11-5-9-25(20-27)15-14-24-8-4-10-26(19-24)28-21-35-33(37-28)30-12-6-16-39(30)3;1-5(2)3-4-6;1-4-3(5)6-2;1-4-2-3;3*1-2/h4-5,8-11,19-23,30-31,34,36,38H,6-7,12-13,16-18H2,1-3H3,(H,35,37);4-5H,3H2,1-2H3;1-2H3,(H,4,5);2H,1H3;2*1-2H3;2H2,1H3/t30-,31?,34?;;;;;;/m0....../s1. The molecule has 2 unspecified atom stereocenters. The average molecular weight is 875 g/mol. The lowest BCUT2D eigenvalue weighted by atomic mass is 10.1. The van der Waals surface area contributed by atoms with Gasteiger partial charge in [-0.25, -0.2) is 9.78 Å². The third-order valence-electron chi connectivity index (χ3n) is 9.49. The van der Waals surface area contributed by atoms with E-state index in [4.69, 9.17) is 4.79 Å². The highest BCUT2D eigenvalue weighted by Gasteiger charge is 2.36. The minimum Gasteiger partial charge on any atom is -0.471 e. The van der Waals surface area contributed by atoms with Crippen molar-refractivity contribution in [1.82, 2.24) is 35.7 Å². The van der Waals surface area contributed by atoms with Gasteiger partial charge in [0.1, 0.15) is 18.3 Å². The fourth-order valence-electron chi connectivity index (χ4n) is 6.59. The second-order valence-electron chi connectivity index (χ2n) is 14.8. The SMILES string of the molecule is CC.CC.CC(C)CC(=O)N1CCCC1C1NC=C(c2cccc(C#Cc3cccc(-c4cnc([C@@H]5CCCN5C)[nH]4)c3)c2)N1.CC(C)CC=O.CN.CNC(=O)OC.COC=O. The van der Waals surface area contributed by atoms with Crippen LogP contribution in [-0.2, 0) is 23.9 Å². The quantitative estimate of drug-likeness (QED) is 0.105. The molecule has 6 N–H and O–H groups in total. The molecule has 3 aliphatic heterocycles. The second kappa shape index (κ2) is 33.9. The molecule has 63 heavy (non-hydrogen) atoms. The first-order chi connectivity index (χ1) is 30.4. The van der Waals surface area contributed by atoms with E-state index < -0.39 is 6.09 Å². The Kier molecular flexibility index (Phi) is 30.9. The summed E-state index contributed by atoms with van der Waals surface area (Å²) in [5.74, 6) is 8.91. The molecule has 0 aliphatic carbocycles. The number of imidazole rings is 1. The van der Waals surface area contributed by atoms with E-state index in [-0.39, 0.29) is 18.1 Å². The number of amides is 2. The van der Waals surface area contributed by atoms with E-state index in [2.05, 4.69) is 114 Å². The number of nitrogens with zero attached hydrogens (tertiary/aromatic N) is 3. The molecule has 2 fully saturated rings. The van der Waals surface area contributed by atoms with Gasteiger partial charge >= 0.3 is 6.09 Å². The van der Waals surface area contributed by atoms with E-state index in [9.17, 15) is 14.4 Å². The minimum atomic E-state index is -0.407. The summed E-state index contributed by atoms with van der Waals surface area (Å²) >= 11 is 0. The lowest BCUT2D eigenvalue weighted by Gasteiger charge is -2.31. The van der Waals surface area contributed by atoms with Crippen LogP contribution in [0.3, 0.4) is 0 Å². The first kappa shape index (κ1) is 57.3. The number of aldehydes is 1. The molecule has 14 heteroatoms. The van der Waals surface area contributed by atoms with Crippen LogP contribution < -0.4 is 21.7 Å². The zero-order valence-electron chi connectivity index (χ0n) is 40.3. The smallest absolute Gasteiger partial charge is 0.406 e. The van der Waals surface area contributed by atoms with Crippen molar-refractivity contribution in [3.8, 4) is 23.1 Å². The number of carbonyl (C=O) groups is 4. The van der Waals surface area contributed by atoms with Crippen LogP contribution in [0.5, 0.6) is 0 Å². The van der Waals surface area contributed by atoms with E-state index in [1.54, 1.807) is 0 Å². The van der Waals surface area contributed by atoms with E-state index in [0.29, 0.717) is 37.2 Å². The highest BCUT2D eigenvalue weighted by molar-refractivity contribution is 5.77. The number of H-pyrrole nitrogens is 1. The largest absolute Gasteiger partial charge is 0.471 e. The fourth-order valence-corrected chi connectivity index (χ4v) is 6.59. The molecule has 14 nitrogen and oxygen atoms in total. The highest BCUT2D eigenvalue weighted by atomic mass is 16.5.